The summed E-state index contributed by atoms with van der Waals surface area (Å²) in [6.45, 7) is 0. The SMILES string of the molecule is COc1cc2c(cc1OC)C(CC(=O)O)CC2N. The van der Waals surface area contributed by atoms with Gasteiger partial charge in [-0.1, -0.05) is 0 Å². The summed E-state index contributed by atoms with van der Waals surface area (Å²) < 4.78 is 10.5. The zero-order chi connectivity index (χ0) is 13.3. The number of methoxy groups -OCH3 is 2. The summed E-state index contributed by atoms with van der Waals surface area (Å²) in [4.78, 5) is 10.9. The van der Waals surface area contributed by atoms with E-state index in [1.807, 2.05) is 12.1 Å². The second-order valence-electron chi connectivity index (χ2n) is 4.47. The number of hydrogen-bond acceptors (Lipinski definition) is 4. The van der Waals surface area contributed by atoms with E-state index in [0.717, 1.165) is 11.1 Å². The first-order valence-electron chi connectivity index (χ1n) is 5.80. The molecule has 2 unspecified atom stereocenters. The quantitative estimate of drug-likeness (QED) is 0.850. The Labute approximate surface area is 106 Å². The van der Waals surface area contributed by atoms with Crippen molar-refractivity contribution in [3.63, 3.8) is 0 Å². The Morgan fingerprint density at radius 1 is 1.33 bits per heavy atom. The van der Waals surface area contributed by atoms with Gasteiger partial charge in [0.25, 0.3) is 0 Å². The summed E-state index contributed by atoms with van der Waals surface area (Å²) >= 11 is 0. The van der Waals surface area contributed by atoms with Crippen LogP contribution in [0.4, 0.5) is 0 Å². The maximum absolute atomic E-state index is 10.9. The summed E-state index contributed by atoms with van der Waals surface area (Å²) in [6, 6.07) is 3.55. The molecule has 1 aromatic carbocycles. The van der Waals surface area contributed by atoms with Gasteiger partial charge in [0.05, 0.1) is 20.6 Å². The van der Waals surface area contributed by atoms with E-state index in [1.54, 1.807) is 14.2 Å². The molecule has 2 atom stereocenters. The molecule has 0 saturated carbocycles. The zero-order valence-electron chi connectivity index (χ0n) is 10.5. The molecular formula is C13H17NO4. The van der Waals surface area contributed by atoms with Crippen molar-refractivity contribution in [1.29, 1.82) is 0 Å². The van der Waals surface area contributed by atoms with Crippen molar-refractivity contribution >= 4 is 5.97 Å². The monoisotopic (exact) mass is 251 g/mol. The van der Waals surface area contributed by atoms with Crippen LogP contribution in [0.3, 0.4) is 0 Å². The molecule has 0 spiro atoms. The molecule has 0 bridgehead atoms. The number of rotatable bonds is 4. The summed E-state index contributed by atoms with van der Waals surface area (Å²) in [5.41, 5.74) is 7.96. The fraction of sp³-hybridized carbons (Fsp3) is 0.462. The van der Waals surface area contributed by atoms with Crippen LogP contribution in [0, 0.1) is 0 Å². The summed E-state index contributed by atoms with van der Waals surface area (Å²) in [5.74, 6) is 0.380. The van der Waals surface area contributed by atoms with Crippen molar-refractivity contribution < 1.29 is 19.4 Å². The fourth-order valence-electron chi connectivity index (χ4n) is 2.55. The van der Waals surface area contributed by atoms with Crippen LogP contribution in [0.2, 0.25) is 0 Å². The first kappa shape index (κ1) is 12.7. The lowest BCUT2D eigenvalue weighted by Gasteiger charge is -2.13. The van der Waals surface area contributed by atoms with Gasteiger partial charge in [0.2, 0.25) is 0 Å². The molecule has 1 aromatic rings. The number of carboxylic acid groups (broad SMARTS) is 1. The fourth-order valence-corrected chi connectivity index (χ4v) is 2.55. The van der Waals surface area contributed by atoms with Gasteiger partial charge in [-0.05, 0) is 35.6 Å². The van der Waals surface area contributed by atoms with E-state index in [1.165, 1.54) is 0 Å². The van der Waals surface area contributed by atoms with Gasteiger partial charge in [-0.25, -0.2) is 0 Å². The molecule has 18 heavy (non-hydrogen) atoms. The smallest absolute Gasteiger partial charge is 0.303 e. The number of fused-ring (bicyclic) bond motifs is 1. The molecule has 0 fully saturated rings. The van der Waals surface area contributed by atoms with Crippen molar-refractivity contribution in [2.75, 3.05) is 14.2 Å². The molecular weight excluding hydrogens is 234 g/mol. The molecule has 5 nitrogen and oxygen atoms in total. The number of carbonyl (C=O) groups is 1. The van der Waals surface area contributed by atoms with Gasteiger partial charge < -0.3 is 20.3 Å². The minimum atomic E-state index is -0.810. The van der Waals surface area contributed by atoms with Crippen molar-refractivity contribution in [3.05, 3.63) is 23.3 Å². The topological polar surface area (TPSA) is 81.8 Å². The highest BCUT2D eigenvalue weighted by atomic mass is 16.5. The Morgan fingerprint density at radius 2 is 1.89 bits per heavy atom. The average Bonchev–Trinajstić information content (AvgIpc) is 2.63. The van der Waals surface area contributed by atoms with E-state index < -0.39 is 5.97 Å². The summed E-state index contributed by atoms with van der Waals surface area (Å²) in [5, 5.41) is 8.92. The van der Waals surface area contributed by atoms with Crippen molar-refractivity contribution in [2.45, 2.75) is 24.8 Å². The largest absolute Gasteiger partial charge is 0.493 e. The van der Waals surface area contributed by atoms with Gasteiger partial charge in [0, 0.05) is 6.04 Å². The lowest BCUT2D eigenvalue weighted by molar-refractivity contribution is -0.137. The van der Waals surface area contributed by atoms with Crippen LogP contribution in [0.5, 0.6) is 11.5 Å². The molecule has 2 rings (SSSR count). The van der Waals surface area contributed by atoms with E-state index in [0.29, 0.717) is 17.9 Å². The van der Waals surface area contributed by atoms with Crippen LogP contribution in [-0.4, -0.2) is 25.3 Å². The minimum absolute atomic E-state index is 0.0488. The molecule has 0 amide bonds. The van der Waals surface area contributed by atoms with Crippen LogP contribution >= 0.6 is 0 Å². The highest BCUT2D eigenvalue weighted by Gasteiger charge is 2.31. The summed E-state index contributed by atoms with van der Waals surface area (Å²) in [6.07, 6.45) is 0.744. The Bertz CT molecular complexity index is 472. The van der Waals surface area contributed by atoms with Crippen LogP contribution in [0.25, 0.3) is 0 Å². The van der Waals surface area contributed by atoms with Gasteiger partial charge >= 0.3 is 5.97 Å². The Morgan fingerprint density at radius 3 is 2.39 bits per heavy atom. The van der Waals surface area contributed by atoms with E-state index >= 15 is 0 Å². The zero-order valence-corrected chi connectivity index (χ0v) is 10.5. The molecule has 1 aliphatic carbocycles. The van der Waals surface area contributed by atoms with Crippen molar-refractivity contribution in [3.8, 4) is 11.5 Å². The van der Waals surface area contributed by atoms with Crippen molar-refractivity contribution in [1.82, 2.24) is 0 Å². The third-order valence-corrected chi connectivity index (χ3v) is 3.39. The predicted molar refractivity (Wildman–Crippen MR) is 66.1 cm³/mol. The van der Waals surface area contributed by atoms with E-state index in [-0.39, 0.29) is 18.4 Å². The number of nitrogens with two attached hydrogens (primary N) is 1. The minimum Gasteiger partial charge on any atom is -0.493 e. The van der Waals surface area contributed by atoms with Crippen molar-refractivity contribution in [2.24, 2.45) is 5.73 Å². The van der Waals surface area contributed by atoms with Crippen LogP contribution in [-0.2, 0) is 4.79 Å². The predicted octanol–water partition coefficient (Wildman–Crippen LogP) is 1.67. The van der Waals surface area contributed by atoms with Gasteiger partial charge in [-0.3, -0.25) is 4.79 Å². The third-order valence-electron chi connectivity index (χ3n) is 3.39. The summed E-state index contributed by atoms with van der Waals surface area (Å²) in [7, 11) is 3.13. The molecule has 0 saturated heterocycles. The van der Waals surface area contributed by atoms with Gasteiger partial charge in [0.1, 0.15) is 0 Å². The molecule has 0 radical (unpaired) electrons. The second kappa shape index (κ2) is 4.86. The van der Waals surface area contributed by atoms with E-state index in [9.17, 15) is 4.79 Å². The maximum atomic E-state index is 10.9. The highest BCUT2D eigenvalue weighted by molar-refractivity contribution is 5.69. The van der Waals surface area contributed by atoms with Gasteiger partial charge in [-0.15, -0.1) is 0 Å². The number of aliphatic carboxylic acids is 1. The lowest BCUT2D eigenvalue weighted by Crippen LogP contribution is -2.07. The molecule has 0 aliphatic heterocycles. The number of ether oxygens (including phenoxy) is 2. The molecule has 0 aromatic heterocycles. The van der Waals surface area contributed by atoms with Crippen LogP contribution in [0.15, 0.2) is 12.1 Å². The molecule has 5 heteroatoms. The molecule has 98 valence electrons. The first-order valence-corrected chi connectivity index (χ1v) is 5.80. The highest BCUT2D eigenvalue weighted by Crippen LogP contribution is 2.45. The molecule has 1 aliphatic rings. The number of hydrogen-bond donors (Lipinski definition) is 2. The number of carboxylic acids is 1. The maximum Gasteiger partial charge on any atom is 0.303 e. The Kier molecular flexibility index (Phi) is 3.43. The Hall–Kier alpha value is -1.75. The van der Waals surface area contributed by atoms with E-state index in [2.05, 4.69) is 0 Å². The lowest BCUT2D eigenvalue weighted by atomic mass is 9.97. The van der Waals surface area contributed by atoms with Crippen LogP contribution in [0.1, 0.15) is 35.9 Å². The van der Waals surface area contributed by atoms with Crippen LogP contribution < -0.4 is 15.2 Å². The second-order valence-corrected chi connectivity index (χ2v) is 4.47. The molecule has 0 heterocycles. The number of benzene rings is 1. The normalized spacial score (nSPS) is 21.5. The molecule has 3 N–H and O–H groups in total. The average molecular weight is 251 g/mol. The Balaban J connectivity index is 2.43. The van der Waals surface area contributed by atoms with Gasteiger partial charge in [-0.2, -0.15) is 0 Å². The van der Waals surface area contributed by atoms with Gasteiger partial charge in [0.15, 0.2) is 11.5 Å². The standard InChI is InChI=1S/C13H17NO4/c1-17-11-5-8-7(4-13(15)16)3-10(14)9(8)6-12(11)18-2/h5-7,10H,3-4,14H2,1-2H3,(H,15,16). The van der Waals surface area contributed by atoms with E-state index in [4.69, 9.17) is 20.3 Å². The third kappa shape index (κ3) is 2.13. The first-order chi connectivity index (χ1) is 8.56.